The van der Waals surface area contributed by atoms with Crippen molar-refractivity contribution in [1.82, 2.24) is 15.3 Å². The van der Waals surface area contributed by atoms with E-state index in [9.17, 15) is 13.2 Å². The number of hydrogen-bond acceptors (Lipinski definition) is 6. The van der Waals surface area contributed by atoms with Crippen molar-refractivity contribution in [2.45, 2.75) is 32.2 Å². The molecular formula is C19H24N4O3S. The lowest BCUT2D eigenvalue weighted by atomic mass is 10.2. The van der Waals surface area contributed by atoms with Gasteiger partial charge in [-0.15, -0.1) is 0 Å². The summed E-state index contributed by atoms with van der Waals surface area (Å²) in [6.45, 7) is 2.86. The van der Waals surface area contributed by atoms with E-state index >= 15 is 0 Å². The molecule has 1 aromatic carbocycles. The highest BCUT2D eigenvalue weighted by Gasteiger charge is 2.29. The fraction of sp³-hybridized carbons (Fsp3) is 0.421. The molecule has 0 saturated carbocycles. The van der Waals surface area contributed by atoms with Gasteiger partial charge in [-0.2, -0.15) is 0 Å². The zero-order chi connectivity index (χ0) is 19.3. The van der Waals surface area contributed by atoms with Crippen LogP contribution in [0.2, 0.25) is 0 Å². The topological polar surface area (TPSA) is 101 Å². The zero-order valence-corrected chi connectivity index (χ0v) is 16.1. The number of rotatable bonds is 7. The lowest BCUT2D eigenvalue weighted by Crippen LogP contribution is -2.36. The van der Waals surface area contributed by atoms with Crippen LogP contribution < -0.4 is 10.6 Å². The molecule has 0 spiro atoms. The second-order valence-corrected chi connectivity index (χ2v) is 8.91. The van der Waals surface area contributed by atoms with Crippen molar-refractivity contribution >= 4 is 21.6 Å². The van der Waals surface area contributed by atoms with E-state index in [-0.39, 0.29) is 29.1 Å². The van der Waals surface area contributed by atoms with Crippen LogP contribution in [0.15, 0.2) is 36.4 Å². The summed E-state index contributed by atoms with van der Waals surface area (Å²) in [4.78, 5) is 21.6. The van der Waals surface area contributed by atoms with E-state index in [1.54, 1.807) is 6.07 Å². The summed E-state index contributed by atoms with van der Waals surface area (Å²) in [6.07, 6.45) is 2.48. The standard InChI is InChI=1S/C19H24N4O3S/c1-2-3-10-20-17-12-16(19(24)21-15-9-11-27(25,26)13-15)22-18(23-17)14-7-5-4-6-8-14/h4-8,12,15H,2-3,9-11,13H2,1H3,(H,21,24)(H,20,22,23). The minimum absolute atomic E-state index is 0.0169. The van der Waals surface area contributed by atoms with E-state index in [2.05, 4.69) is 27.5 Å². The molecule has 2 heterocycles. The molecule has 1 aliphatic heterocycles. The molecule has 0 bridgehead atoms. The van der Waals surface area contributed by atoms with Crippen molar-refractivity contribution in [2.24, 2.45) is 0 Å². The summed E-state index contributed by atoms with van der Waals surface area (Å²) in [5.74, 6) is 0.760. The Balaban J connectivity index is 1.84. The number of hydrogen-bond donors (Lipinski definition) is 2. The highest BCUT2D eigenvalue weighted by atomic mass is 32.2. The smallest absolute Gasteiger partial charge is 0.270 e. The summed E-state index contributed by atoms with van der Waals surface area (Å²) in [5.41, 5.74) is 1.04. The maximum atomic E-state index is 12.7. The van der Waals surface area contributed by atoms with Crippen molar-refractivity contribution in [1.29, 1.82) is 0 Å². The van der Waals surface area contributed by atoms with Crippen LogP contribution in [0.3, 0.4) is 0 Å². The van der Waals surface area contributed by atoms with Gasteiger partial charge in [-0.3, -0.25) is 4.79 Å². The summed E-state index contributed by atoms with van der Waals surface area (Å²) < 4.78 is 23.2. The minimum atomic E-state index is -3.06. The second-order valence-electron chi connectivity index (χ2n) is 6.68. The Morgan fingerprint density at radius 2 is 2.00 bits per heavy atom. The normalized spacial score (nSPS) is 18.2. The number of aromatic nitrogens is 2. The minimum Gasteiger partial charge on any atom is -0.370 e. The van der Waals surface area contributed by atoms with E-state index in [0.29, 0.717) is 18.1 Å². The van der Waals surface area contributed by atoms with Gasteiger partial charge in [-0.25, -0.2) is 18.4 Å². The molecule has 1 fully saturated rings. The predicted octanol–water partition coefficient (Wildman–Crippen LogP) is 2.27. The third kappa shape index (κ3) is 5.26. The molecule has 7 nitrogen and oxygen atoms in total. The molecule has 1 saturated heterocycles. The van der Waals surface area contributed by atoms with Crippen molar-refractivity contribution in [3.8, 4) is 11.4 Å². The van der Waals surface area contributed by atoms with Crippen LogP contribution in [0, 0.1) is 0 Å². The summed E-state index contributed by atoms with van der Waals surface area (Å²) >= 11 is 0. The van der Waals surface area contributed by atoms with Gasteiger partial charge < -0.3 is 10.6 Å². The summed E-state index contributed by atoms with van der Waals surface area (Å²) in [6, 6.07) is 10.7. The number of anilines is 1. The van der Waals surface area contributed by atoms with Crippen molar-refractivity contribution in [3.63, 3.8) is 0 Å². The van der Waals surface area contributed by atoms with Gasteiger partial charge in [0.05, 0.1) is 11.5 Å². The fourth-order valence-corrected chi connectivity index (χ4v) is 4.61. The first-order chi connectivity index (χ1) is 13.0. The van der Waals surface area contributed by atoms with Crippen molar-refractivity contribution in [3.05, 3.63) is 42.1 Å². The van der Waals surface area contributed by atoms with Gasteiger partial charge in [-0.1, -0.05) is 43.7 Å². The van der Waals surface area contributed by atoms with Crippen LogP contribution in [0.1, 0.15) is 36.7 Å². The maximum absolute atomic E-state index is 12.7. The molecule has 1 atom stereocenters. The van der Waals surface area contributed by atoms with Gasteiger partial charge in [0.2, 0.25) is 0 Å². The van der Waals surface area contributed by atoms with E-state index in [0.717, 1.165) is 24.9 Å². The molecule has 1 amide bonds. The Kier molecular flexibility index (Phi) is 6.05. The van der Waals surface area contributed by atoms with E-state index in [4.69, 9.17) is 0 Å². The van der Waals surface area contributed by atoms with Gasteiger partial charge >= 0.3 is 0 Å². The van der Waals surface area contributed by atoms with E-state index < -0.39 is 9.84 Å². The molecule has 2 aromatic rings. The Morgan fingerprint density at radius 3 is 2.67 bits per heavy atom. The van der Waals surface area contributed by atoms with Gasteiger partial charge in [-0.05, 0) is 12.8 Å². The molecule has 8 heteroatoms. The van der Waals surface area contributed by atoms with Crippen molar-refractivity contribution in [2.75, 3.05) is 23.4 Å². The predicted molar refractivity (Wildman–Crippen MR) is 105 cm³/mol. The van der Waals surface area contributed by atoms with E-state index in [1.807, 2.05) is 30.3 Å². The monoisotopic (exact) mass is 388 g/mol. The molecule has 3 rings (SSSR count). The molecule has 27 heavy (non-hydrogen) atoms. The first-order valence-electron chi connectivity index (χ1n) is 9.16. The molecule has 144 valence electrons. The quantitative estimate of drug-likeness (QED) is 0.706. The SMILES string of the molecule is CCCCNc1cc(C(=O)NC2CCS(=O)(=O)C2)nc(-c2ccccc2)n1. The molecule has 1 aromatic heterocycles. The van der Waals surface area contributed by atoms with Gasteiger partial charge in [0.1, 0.15) is 11.5 Å². The molecule has 0 radical (unpaired) electrons. The molecular weight excluding hydrogens is 364 g/mol. The number of amides is 1. The summed E-state index contributed by atoms with van der Waals surface area (Å²) in [5, 5.41) is 6.02. The lowest BCUT2D eigenvalue weighted by molar-refractivity contribution is 0.0936. The van der Waals surface area contributed by atoms with Crippen LogP contribution in [-0.2, 0) is 9.84 Å². The number of unbranched alkanes of at least 4 members (excludes halogenated alkanes) is 1. The molecule has 1 aliphatic rings. The summed E-state index contributed by atoms with van der Waals surface area (Å²) in [7, 11) is -3.06. The fourth-order valence-electron chi connectivity index (χ4n) is 2.93. The lowest BCUT2D eigenvalue weighted by Gasteiger charge is -2.13. The molecule has 2 N–H and O–H groups in total. The number of sulfone groups is 1. The Morgan fingerprint density at radius 1 is 1.22 bits per heavy atom. The Bertz CT molecular complexity index is 900. The zero-order valence-electron chi connectivity index (χ0n) is 15.3. The highest BCUT2D eigenvalue weighted by molar-refractivity contribution is 7.91. The van der Waals surface area contributed by atoms with Crippen LogP contribution in [0.4, 0.5) is 5.82 Å². The average molecular weight is 388 g/mol. The van der Waals surface area contributed by atoms with Gasteiger partial charge in [0.15, 0.2) is 15.7 Å². The number of nitrogens with zero attached hydrogens (tertiary/aromatic N) is 2. The second kappa shape index (κ2) is 8.47. The molecule has 0 aliphatic carbocycles. The Labute approximate surface area is 159 Å². The third-order valence-corrected chi connectivity index (χ3v) is 6.16. The van der Waals surface area contributed by atoms with Gasteiger partial charge in [0.25, 0.3) is 5.91 Å². The third-order valence-electron chi connectivity index (χ3n) is 4.39. The Hall–Kier alpha value is -2.48. The van der Waals surface area contributed by atoms with Crippen LogP contribution in [0.5, 0.6) is 0 Å². The maximum Gasteiger partial charge on any atom is 0.270 e. The average Bonchev–Trinajstić information content (AvgIpc) is 3.01. The highest BCUT2D eigenvalue weighted by Crippen LogP contribution is 2.19. The van der Waals surface area contributed by atoms with Crippen molar-refractivity contribution < 1.29 is 13.2 Å². The van der Waals surface area contributed by atoms with Crippen LogP contribution >= 0.6 is 0 Å². The number of carbonyl (C=O) groups excluding carboxylic acids is 1. The largest absolute Gasteiger partial charge is 0.370 e. The van der Waals surface area contributed by atoms with Gasteiger partial charge in [0, 0.05) is 24.2 Å². The number of carbonyl (C=O) groups is 1. The van der Waals surface area contributed by atoms with Crippen LogP contribution in [-0.4, -0.2) is 48.4 Å². The molecule has 1 unspecified atom stereocenters. The number of benzene rings is 1. The van der Waals surface area contributed by atoms with Crippen LogP contribution in [0.25, 0.3) is 11.4 Å². The van der Waals surface area contributed by atoms with E-state index in [1.165, 1.54) is 0 Å². The number of nitrogens with one attached hydrogen (secondary N) is 2. The first kappa shape index (κ1) is 19.3. The first-order valence-corrected chi connectivity index (χ1v) is 11.0.